The third kappa shape index (κ3) is 17.5. The summed E-state index contributed by atoms with van der Waals surface area (Å²) >= 11 is 0. The molecule has 1 aromatic rings. The molecule has 0 spiro atoms. The van der Waals surface area contributed by atoms with Crippen molar-refractivity contribution in [3.8, 4) is 0 Å². The Balaban J connectivity index is -0.000000247. The van der Waals surface area contributed by atoms with E-state index in [9.17, 15) is 14.4 Å². The summed E-state index contributed by atoms with van der Waals surface area (Å²) in [6.45, 7) is 0. The molecule has 3 N–H and O–H groups in total. The minimum atomic E-state index is -4.64. The normalized spacial score (nSPS) is 10.2. The Bertz CT molecular complexity index is 378. The molecule has 0 saturated carbocycles. The average Bonchev–Trinajstić information content (AvgIpc) is 2.01. The van der Waals surface area contributed by atoms with Crippen molar-refractivity contribution in [1.82, 2.24) is 0 Å². The van der Waals surface area contributed by atoms with Gasteiger partial charge >= 0.3 is 66.9 Å². The van der Waals surface area contributed by atoms with E-state index in [-0.39, 0.29) is 64.4 Å². The van der Waals surface area contributed by atoms with Crippen molar-refractivity contribution in [2.75, 3.05) is 0 Å². The molecule has 0 aliphatic carbocycles. The first kappa shape index (κ1) is 23.6. The van der Waals surface area contributed by atoms with Gasteiger partial charge in [-0.15, -0.1) is 0 Å². The van der Waals surface area contributed by atoms with Gasteiger partial charge in [-0.3, -0.25) is 0 Å². The number of benzene rings is 1. The second-order valence-electron chi connectivity index (χ2n) is 2.35. The number of phosphoric acid groups is 1. The minimum Gasteiger partial charge on any atom is -0.807 e. The summed E-state index contributed by atoms with van der Waals surface area (Å²) in [6, 6.07) is 7.23. The third-order valence-corrected chi connectivity index (χ3v) is 2.00. The van der Waals surface area contributed by atoms with Gasteiger partial charge in [0.25, 0.3) is 0 Å². The zero-order valence-corrected chi connectivity index (χ0v) is 15.0. The van der Waals surface area contributed by atoms with Crippen LogP contribution in [0.4, 0.5) is 0 Å². The van der Waals surface area contributed by atoms with E-state index in [1.165, 1.54) is 24.3 Å². The molecule has 0 radical (unpaired) electrons. The second-order valence-corrected chi connectivity index (χ2v) is 4.88. The maximum atomic E-state index is 10.3. The summed E-state index contributed by atoms with van der Waals surface area (Å²) in [7, 11) is -9.16. The molecule has 86 valence electrons. The maximum absolute atomic E-state index is 10.3. The first-order chi connectivity index (χ1) is 6.61. The van der Waals surface area contributed by atoms with Gasteiger partial charge in [-0.25, -0.2) is 4.57 Å². The number of hydrogen-bond acceptors (Lipinski definition) is 4. The fraction of sp³-hybridized carbons (Fsp3) is 0. The van der Waals surface area contributed by atoms with E-state index in [1.807, 2.05) is 0 Å². The maximum Gasteiger partial charge on any atom is 1.00 e. The van der Waals surface area contributed by atoms with Gasteiger partial charge in [0.15, 0.2) is 0 Å². The summed E-state index contributed by atoms with van der Waals surface area (Å²) in [5, 5.41) is -0.157. The van der Waals surface area contributed by atoms with E-state index in [0.717, 1.165) is 0 Å². The van der Waals surface area contributed by atoms with Crippen LogP contribution in [0.15, 0.2) is 30.3 Å². The number of rotatable bonds is 1. The molecule has 0 amide bonds. The van der Waals surface area contributed by atoms with Crippen molar-refractivity contribution in [2.45, 2.75) is 0 Å². The van der Waals surface area contributed by atoms with Crippen LogP contribution < -0.4 is 74.2 Å². The quantitative estimate of drug-likeness (QED) is 0.345. The largest absolute Gasteiger partial charge is 1.00 e. The molecule has 11 heteroatoms. The van der Waals surface area contributed by atoms with Crippen molar-refractivity contribution in [3.63, 3.8) is 0 Å². The van der Waals surface area contributed by atoms with Gasteiger partial charge in [0.2, 0.25) is 0 Å². The monoisotopic (exact) mass is 300 g/mol. The fourth-order valence-electron chi connectivity index (χ4n) is 0.611. The van der Waals surface area contributed by atoms with Crippen LogP contribution in [-0.4, -0.2) is 14.7 Å². The fourth-order valence-corrected chi connectivity index (χ4v) is 1.15. The summed E-state index contributed by atoms with van der Waals surface area (Å²) in [5.41, 5.74) is 0. The molecule has 17 heavy (non-hydrogen) atoms. The van der Waals surface area contributed by atoms with E-state index in [1.54, 1.807) is 6.07 Å². The Morgan fingerprint density at radius 2 is 1.18 bits per heavy atom. The van der Waals surface area contributed by atoms with Gasteiger partial charge in [0.05, 0.1) is 0 Å². The Hall–Kier alpha value is 1.48. The van der Waals surface area contributed by atoms with Crippen molar-refractivity contribution in [3.05, 3.63) is 30.3 Å². The summed E-state index contributed by atoms with van der Waals surface area (Å²) in [5.74, 6) is 0. The van der Waals surface area contributed by atoms with Gasteiger partial charge in [-0.2, -0.15) is 0 Å². The van der Waals surface area contributed by atoms with E-state index in [4.69, 9.17) is 19.2 Å². The van der Waals surface area contributed by atoms with Gasteiger partial charge in [0, 0.05) is 0 Å². The van der Waals surface area contributed by atoms with Gasteiger partial charge in [-0.05, 0) is 12.9 Å². The van der Waals surface area contributed by atoms with Gasteiger partial charge in [0.1, 0.15) is 0 Å². The van der Waals surface area contributed by atoms with Crippen LogP contribution in [-0.2, 0) is 9.13 Å². The molecule has 0 aromatic heterocycles. The zero-order chi connectivity index (χ0) is 12.1. The predicted octanol–water partition coefficient (Wildman–Crippen LogP) is -7.70. The molecule has 0 heterocycles. The van der Waals surface area contributed by atoms with Crippen LogP contribution >= 0.6 is 15.4 Å². The molecule has 0 unspecified atom stereocenters. The molecule has 0 aliphatic heterocycles. The Kier molecular flexibility index (Phi) is 14.3. The topological polar surface area (TPSA) is 141 Å². The van der Waals surface area contributed by atoms with Crippen molar-refractivity contribution >= 4 is 20.7 Å². The molecule has 0 bridgehead atoms. The van der Waals surface area contributed by atoms with Crippen LogP contribution in [0.5, 0.6) is 0 Å². The molecule has 0 atom stereocenters. The van der Waals surface area contributed by atoms with Crippen LogP contribution in [0.1, 0.15) is 0 Å². The predicted molar refractivity (Wildman–Crippen MR) is 47.9 cm³/mol. The minimum absolute atomic E-state index is 0. The smallest absolute Gasteiger partial charge is 0.807 e. The molecule has 0 saturated heterocycles. The van der Waals surface area contributed by atoms with Crippen molar-refractivity contribution in [2.24, 2.45) is 0 Å². The Morgan fingerprint density at radius 1 is 0.882 bits per heavy atom. The summed E-state index contributed by atoms with van der Waals surface area (Å²) in [4.78, 5) is 42.2. The zero-order valence-electron chi connectivity index (χ0n) is 9.26. The van der Waals surface area contributed by atoms with Crippen LogP contribution in [0.3, 0.4) is 0 Å². The SMILES string of the molecule is O=P(O)(O)O.O=P([O-])([O-])c1ccccc1.[Na+].[Na+]. The van der Waals surface area contributed by atoms with Gasteiger partial charge in [-0.1, -0.05) is 30.3 Å². The molecule has 0 aliphatic rings. The van der Waals surface area contributed by atoms with Crippen LogP contribution in [0, 0.1) is 0 Å². The van der Waals surface area contributed by atoms with Gasteiger partial charge < -0.3 is 29.0 Å². The first-order valence-corrected chi connectivity index (χ1v) is 6.57. The Labute approximate surface area is 142 Å². The molecule has 1 rings (SSSR count). The van der Waals surface area contributed by atoms with Crippen LogP contribution in [0.2, 0.25) is 0 Å². The standard InChI is InChI=1S/C6H7O3P.2Na.H3O4P/c7-10(8,9)6-4-2-1-3-5-6;;;1-5(2,3)4/h1-5H,(H2,7,8,9);;;(H3,1,2,3,4)/q;2*+1;/p-2. The molecule has 1 aromatic carbocycles. The van der Waals surface area contributed by atoms with E-state index < -0.39 is 15.4 Å². The van der Waals surface area contributed by atoms with Crippen molar-refractivity contribution in [1.29, 1.82) is 0 Å². The summed E-state index contributed by atoms with van der Waals surface area (Å²) in [6.07, 6.45) is 0. The summed E-state index contributed by atoms with van der Waals surface area (Å²) < 4.78 is 19.2. The van der Waals surface area contributed by atoms with E-state index >= 15 is 0 Å². The van der Waals surface area contributed by atoms with Crippen LogP contribution in [0.25, 0.3) is 0 Å². The third-order valence-electron chi connectivity index (χ3n) is 1.07. The molecular weight excluding hydrogens is 292 g/mol. The second kappa shape index (κ2) is 10.3. The number of hydrogen-bond donors (Lipinski definition) is 3. The van der Waals surface area contributed by atoms with Crippen molar-refractivity contribution < 1.29 is 92.7 Å². The van der Waals surface area contributed by atoms with E-state index in [2.05, 4.69) is 0 Å². The molecule has 0 fully saturated rings. The first-order valence-electron chi connectivity index (χ1n) is 3.46. The molecular formula is C6H8Na2O7P2. The van der Waals surface area contributed by atoms with E-state index in [0.29, 0.717) is 0 Å². The molecule has 7 nitrogen and oxygen atoms in total. The Morgan fingerprint density at radius 3 is 1.35 bits per heavy atom. The average molecular weight is 300 g/mol.